The Kier molecular flexibility index (Phi) is 4.14. The lowest BCUT2D eigenvalue weighted by Gasteiger charge is -2.25. The quantitative estimate of drug-likeness (QED) is 0.862. The molecule has 0 aromatic heterocycles. The van der Waals surface area contributed by atoms with E-state index in [0.29, 0.717) is 31.5 Å². The highest BCUT2D eigenvalue weighted by molar-refractivity contribution is 5.88. The normalized spacial score (nSPS) is 29.2. The van der Waals surface area contributed by atoms with E-state index in [1.54, 1.807) is 0 Å². The van der Waals surface area contributed by atoms with Gasteiger partial charge >= 0.3 is 6.03 Å². The molecule has 3 saturated heterocycles. The number of urea groups is 1. The van der Waals surface area contributed by atoms with E-state index < -0.39 is 0 Å². The van der Waals surface area contributed by atoms with Gasteiger partial charge in [0.2, 0.25) is 5.91 Å². The molecule has 24 heavy (non-hydrogen) atoms. The van der Waals surface area contributed by atoms with Crippen molar-refractivity contribution >= 4 is 11.9 Å². The van der Waals surface area contributed by atoms with Crippen LogP contribution in [0.2, 0.25) is 0 Å². The molecule has 6 nitrogen and oxygen atoms in total. The first kappa shape index (κ1) is 15.4. The average Bonchev–Trinajstić information content (AvgIpc) is 3.27. The monoisotopic (exact) mass is 328 g/mol. The van der Waals surface area contributed by atoms with Gasteiger partial charge in [0.05, 0.1) is 0 Å². The highest BCUT2D eigenvalue weighted by Gasteiger charge is 2.41. The van der Waals surface area contributed by atoms with Crippen molar-refractivity contribution in [3.63, 3.8) is 0 Å². The summed E-state index contributed by atoms with van der Waals surface area (Å²) in [5, 5.41) is 6.32. The van der Waals surface area contributed by atoms with Gasteiger partial charge in [0.15, 0.2) is 0 Å². The summed E-state index contributed by atoms with van der Waals surface area (Å²) in [4.78, 5) is 28.9. The van der Waals surface area contributed by atoms with Crippen LogP contribution in [-0.4, -0.2) is 60.0 Å². The molecule has 4 rings (SSSR count). The van der Waals surface area contributed by atoms with E-state index in [1.807, 2.05) is 40.1 Å². The number of nitrogens with one attached hydrogen (secondary N) is 2. The number of likely N-dealkylation sites (tertiary alicyclic amines) is 2. The Morgan fingerprint density at radius 1 is 1.17 bits per heavy atom. The summed E-state index contributed by atoms with van der Waals surface area (Å²) >= 11 is 0. The highest BCUT2D eigenvalue weighted by atomic mass is 16.2. The molecule has 3 heterocycles. The lowest BCUT2D eigenvalue weighted by atomic mass is 10.1. The first-order chi connectivity index (χ1) is 11.7. The minimum absolute atomic E-state index is 0.0347. The number of hydrogen-bond acceptors (Lipinski definition) is 3. The molecule has 3 atom stereocenters. The molecule has 0 radical (unpaired) electrons. The largest absolute Gasteiger partial charge is 0.336 e. The van der Waals surface area contributed by atoms with Crippen LogP contribution in [0.25, 0.3) is 0 Å². The number of nitrogens with zero attached hydrogens (tertiary/aromatic N) is 2. The number of benzene rings is 1. The molecule has 1 aromatic carbocycles. The second kappa shape index (κ2) is 6.43. The van der Waals surface area contributed by atoms with Crippen molar-refractivity contribution in [3.05, 3.63) is 35.9 Å². The van der Waals surface area contributed by atoms with Crippen molar-refractivity contribution in [2.24, 2.45) is 5.92 Å². The average molecular weight is 328 g/mol. The summed E-state index contributed by atoms with van der Waals surface area (Å²) < 4.78 is 0. The Morgan fingerprint density at radius 3 is 2.83 bits per heavy atom. The summed E-state index contributed by atoms with van der Waals surface area (Å²) in [6.07, 6.45) is 1.75. The number of fused-ring (bicyclic) bond motifs is 1. The fraction of sp³-hybridized carbons (Fsp3) is 0.556. The molecule has 0 saturated carbocycles. The van der Waals surface area contributed by atoms with Crippen molar-refractivity contribution in [1.82, 2.24) is 20.4 Å². The van der Waals surface area contributed by atoms with Gasteiger partial charge in [-0.1, -0.05) is 30.3 Å². The number of carbonyl (C=O) groups excluding carboxylic acids is 2. The van der Waals surface area contributed by atoms with Gasteiger partial charge in [0, 0.05) is 38.8 Å². The summed E-state index contributed by atoms with van der Waals surface area (Å²) in [5.74, 6) is 0.608. The van der Waals surface area contributed by atoms with Crippen molar-refractivity contribution in [1.29, 1.82) is 0 Å². The van der Waals surface area contributed by atoms with Gasteiger partial charge in [-0.15, -0.1) is 0 Å². The summed E-state index contributed by atoms with van der Waals surface area (Å²) in [6, 6.07) is 9.82. The maximum absolute atomic E-state index is 12.6. The molecule has 3 amide bonds. The molecular weight excluding hydrogens is 304 g/mol. The zero-order valence-corrected chi connectivity index (χ0v) is 13.8. The Bertz CT molecular complexity index is 621. The lowest BCUT2D eigenvalue weighted by molar-refractivity contribution is -0.129. The molecule has 1 aromatic rings. The van der Waals surface area contributed by atoms with E-state index in [1.165, 1.54) is 0 Å². The van der Waals surface area contributed by atoms with Gasteiger partial charge in [0.1, 0.15) is 6.04 Å². The Labute approximate surface area is 142 Å². The van der Waals surface area contributed by atoms with Crippen LogP contribution >= 0.6 is 0 Å². The summed E-state index contributed by atoms with van der Waals surface area (Å²) in [5.41, 5.74) is 1.12. The Morgan fingerprint density at radius 2 is 2.00 bits per heavy atom. The van der Waals surface area contributed by atoms with E-state index in [0.717, 1.165) is 31.6 Å². The first-order valence-corrected chi connectivity index (χ1v) is 8.83. The van der Waals surface area contributed by atoms with Crippen LogP contribution in [0.5, 0.6) is 0 Å². The SMILES string of the molecule is O=C1C(NC(=O)N2CC[C@@H]3CNC[C@@H]32)CCN1Cc1ccccc1. The number of carbonyl (C=O) groups is 2. The minimum Gasteiger partial charge on any atom is -0.336 e. The van der Waals surface area contributed by atoms with Gasteiger partial charge in [-0.3, -0.25) is 4.79 Å². The van der Waals surface area contributed by atoms with Crippen LogP contribution in [0.4, 0.5) is 4.79 Å². The van der Waals surface area contributed by atoms with Crippen LogP contribution in [0.3, 0.4) is 0 Å². The third-order valence-electron chi connectivity index (χ3n) is 5.52. The van der Waals surface area contributed by atoms with Crippen molar-refractivity contribution < 1.29 is 9.59 Å². The number of hydrogen-bond donors (Lipinski definition) is 2. The fourth-order valence-electron chi connectivity index (χ4n) is 4.17. The van der Waals surface area contributed by atoms with Crippen LogP contribution in [0, 0.1) is 5.92 Å². The van der Waals surface area contributed by atoms with Gasteiger partial charge < -0.3 is 20.4 Å². The zero-order valence-electron chi connectivity index (χ0n) is 13.8. The zero-order chi connectivity index (χ0) is 16.5. The van der Waals surface area contributed by atoms with E-state index in [9.17, 15) is 9.59 Å². The maximum atomic E-state index is 12.6. The standard InChI is InChI=1S/C18H24N4O2/c23-17-15(7-8-21(17)12-13-4-2-1-3-5-13)20-18(24)22-9-6-14-10-19-11-16(14)22/h1-5,14-16,19H,6-12H2,(H,20,24)/t14-,15?,16+/m1/s1. The molecule has 3 fully saturated rings. The van der Waals surface area contributed by atoms with Crippen LogP contribution < -0.4 is 10.6 Å². The molecule has 2 N–H and O–H groups in total. The van der Waals surface area contributed by atoms with Crippen molar-refractivity contribution in [2.45, 2.75) is 31.5 Å². The Hall–Kier alpha value is -2.08. The molecule has 128 valence electrons. The molecule has 0 aliphatic carbocycles. The van der Waals surface area contributed by atoms with Crippen LogP contribution in [-0.2, 0) is 11.3 Å². The second-order valence-corrected chi connectivity index (χ2v) is 7.00. The topological polar surface area (TPSA) is 64.7 Å². The Balaban J connectivity index is 1.34. The van der Waals surface area contributed by atoms with Crippen LogP contribution in [0.1, 0.15) is 18.4 Å². The minimum atomic E-state index is -0.380. The van der Waals surface area contributed by atoms with Crippen molar-refractivity contribution in [3.8, 4) is 0 Å². The maximum Gasteiger partial charge on any atom is 0.318 e. The summed E-state index contributed by atoms with van der Waals surface area (Å²) in [7, 11) is 0. The molecular formula is C18H24N4O2. The molecule has 0 spiro atoms. The predicted molar refractivity (Wildman–Crippen MR) is 90.3 cm³/mol. The molecule has 0 bridgehead atoms. The molecule has 6 heteroatoms. The first-order valence-electron chi connectivity index (χ1n) is 8.83. The van der Waals surface area contributed by atoms with Crippen LogP contribution in [0.15, 0.2) is 30.3 Å². The van der Waals surface area contributed by atoms with E-state index in [4.69, 9.17) is 0 Å². The van der Waals surface area contributed by atoms with E-state index in [-0.39, 0.29) is 18.0 Å². The van der Waals surface area contributed by atoms with Gasteiger partial charge in [0.25, 0.3) is 0 Å². The smallest absolute Gasteiger partial charge is 0.318 e. The highest BCUT2D eigenvalue weighted by Crippen LogP contribution is 2.27. The molecule has 3 aliphatic rings. The molecule has 1 unspecified atom stereocenters. The van der Waals surface area contributed by atoms with E-state index in [2.05, 4.69) is 10.6 Å². The van der Waals surface area contributed by atoms with Gasteiger partial charge in [-0.25, -0.2) is 4.79 Å². The van der Waals surface area contributed by atoms with Crippen molar-refractivity contribution in [2.75, 3.05) is 26.2 Å². The number of rotatable bonds is 3. The number of amides is 3. The van der Waals surface area contributed by atoms with E-state index >= 15 is 0 Å². The van der Waals surface area contributed by atoms with Gasteiger partial charge in [-0.05, 0) is 24.3 Å². The third-order valence-corrected chi connectivity index (χ3v) is 5.52. The molecule has 3 aliphatic heterocycles. The predicted octanol–water partition coefficient (Wildman–Crippen LogP) is 0.791. The second-order valence-electron chi connectivity index (χ2n) is 7.00. The third kappa shape index (κ3) is 2.86. The lowest BCUT2D eigenvalue weighted by Crippen LogP contribution is -2.50. The van der Waals surface area contributed by atoms with Gasteiger partial charge in [-0.2, -0.15) is 0 Å². The fourth-order valence-corrected chi connectivity index (χ4v) is 4.17. The summed E-state index contributed by atoms with van der Waals surface area (Å²) in [6.45, 7) is 3.99.